The molecule has 0 aliphatic carbocycles. The van der Waals surface area contributed by atoms with E-state index in [4.69, 9.17) is 22.1 Å². The molecule has 0 spiro atoms. The largest absolute Gasteiger partial charge is 0.489 e. The molecule has 2 rings (SSSR count). The predicted molar refractivity (Wildman–Crippen MR) is 74.8 cm³/mol. The highest BCUT2D eigenvalue weighted by atomic mass is 35.5. The van der Waals surface area contributed by atoms with Crippen LogP contribution in [0.2, 0.25) is 5.02 Å². The molecule has 0 unspecified atom stereocenters. The number of hydrogen-bond acceptors (Lipinski definition) is 2. The Morgan fingerprint density at radius 1 is 1.26 bits per heavy atom. The van der Waals surface area contributed by atoms with Crippen molar-refractivity contribution < 1.29 is 9.13 Å². The van der Waals surface area contributed by atoms with Crippen LogP contribution in [0, 0.1) is 5.82 Å². The van der Waals surface area contributed by atoms with Gasteiger partial charge in [-0.05, 0) is 42.8 Å². The van der Waals surface area contributed by atoms with Crippen molar-refractivity contribution in [2.24, 2.45) is 5.73 Å². The molecule has 4 heteroatoms. The molecule has 0 aliphatic heterocycles. The molecule has 0 amide bonds. The van der Waals surface area contributed by atoms with Gasteiger partial charge in [0.2, 0.25) is 0 Å². The molecule has 100 valence electrons. The highest BCUT2D eigenvalue weighted by molar-refractivity contribution is 6.30. The summed E-state index contributed by atoms with van der Waals surface area (Å²) in [7, 11) is 0. The van der Waals surface area contributed by atoms with E-state index in [1.54, 1.807) is 19.1 Å². The van der Waals surface area contributed by atoms with Gasteiger partial charge in [0.1, 0.15) is 18.2 Å². The Morgan fingerprint density at radius 2 is 2.05 bits per heavy atom. The van der Waals surface area contributed by atoms with Crippen LogP contribution in [0.15, 0.2) is 42.5 Å². The lowest BCUT2D eigenvalue weighted by Gasteiger charge is -2.14. The lowest BCUT2D eigenvalue weighted by atomic mass is 10.1. The van der Waals surface area contributed by atoms with Crippen molar-refractivity contribution in [3.05, 3.63) is 64.4 Å². The van der Waals surface area contributed by atoms with Gasteiger partial charge < -0.3 is 10.5 Å². The molecular weight excluding hydrogens is 265 g/mol. The number of halogens is 2. The molecule has 0 aliphatic rings. The van der Waals surface area contributed by atoms with Crippen LogP contribution in [0.3, 0.4) is 0 Å². The molecule has 2 aromatic carbocycles. The standard InChI is InChI=1S/C15H15ClFNO/c1-10(18)14-8-13(17)5-6-15(14)19-9-11-3-2-4-12(16)7-11/h2-8,10H,9,18H2,1H3/t10-/m1/s1. The Bertz CT molecular complexity index is 572. The van der Waals surface area contributed by atoms with Crippen molar-refractivity contribution in [1.29, 1.82) is 0 Å². The Labute approximate surface area is 117 Å². The van der Waals surface area contributed by atoms with Crippen molar-refractivity contribution in [2.75, 3.05) is 0 Å². The fraction of sp³-hybridized carbons (Fsp3) is 0.200. The van der Waals surface area contributed by atoms with Gasteiger partial charge in [-0.15, -0.1) is 0 Å². The van der Waals surface area contributed by atoms with Crippen LogP contribution in [0.25, 0.3) is 0 Å². The second-order valence-electron chi connectivity index (χ2n) is 4.39. The molecule has 0 radical (unpaired) electrons. The topological polar surface area (TPSA) is 35.2 Å². The molecule has 2 nitrogen and oxygen atoms in total. The Kier molecular flexibility index (Phi) is 4.40. The van der Waals surface area contributed by atoms with Crippen molar-refractivity contribution in [1.82, 2.24) is 0 Å². The first-order valence-corrected chi connectivity index (χ1v) is 6.36. The normalized spacial score (nSPS) is 12.2. The van der Waals surface area contributed by atoms with E-state index in [0.29, 0.717) is 22.9 Å². The number of benzene rings is 2. The van der Waals surface area contributed by atoms with Crippen LogP contribution >= 0.6 is 11.6 Å². The third-order valence-corrected chi connectivity index (χ3v) is 2.98. The van der Waals surface area contributed by atoms with E-state index in [-0.39, 0.29) is 11.9 Å². The van der Waals surface area contributed by atoms with Gasteiger partial charge in [-0.25, -0.2) is 4.39 Å². The monoisotopic (exact) mass is 279 g/mol. The van der Waals surface area contributed by atoms with Crippen LogP contribution in [0.1, 0.15) is 24.1 Å². The van der Waals surface area contributed by atoms with Gasteiger partial charge in [0.15, 0.2) is 0 Å². The highest BCUT2D eigenvalue weighted by Crippen LogP contribution is 2.25. The molecule has 0 saturated heterocycles. The van der Waals surface area contributed by atoms with Gasteiger partial charge in [0.25, 0.3) is 0 Å². The lowest BCUT2D eigenvalue weighted by Crippen LogP contribution is -2.08. The number of ether oxygens (including phenoxy) is 1. The van der Waals surface area contributed by atoms with Crippen molar-refractivity contribution in [3.8, 4) is 5.75 Å². The van der Waals surface area contributed by atoms with Crippen molar-refractivity contribution >= 4 is 11.6 Å². The van der Waals surface area contributed by atoms with Gasteiger partial charge >= 0.3 is 0 Å². The van der Waals surface area contributed by atoms with E-state index in [9.17, 15) is 4.39 Å². The average Bonchev–Trinajstić information content (AvgIpc) is 2.37. The van der Waals surface area contributed by atoms with Gasteiger partial charge in [0.05, 0.1) is 0 Å². The Hall–Kier alpha value is -1.58. The molecule has 2 N–H and O–H groups in total. The summed E-state index contributed by atoms with van der Waals surface area (Å²) in [4.78, 5) is 0. The lowest BCUT2D eigenvalue weighted by molar-refractivity contribution is 0.301. The maximum atomic E-state index is 13.2. The second kappa shape index (κ2) is 6.04. The number of hydrogen-bond donors (Lipinski definition) is 1. The summed E-state index contributed by atoms with van der Waals surface area (Å²) in [6.07, 6.45) is 0. The minimum atomic E-state index is -0.317. The summed E-state index contributed by atoms with van der Waals surface area (Å²) in [6.45, 7) is 2.16. The molecule has 1 atom stereocenters. The predicted octanol–water partition coefficient (Wildman–Crippen LogP) is 4.08. The van der Waals surface area contributed by atoms with E-state index in [1.807, 2.05) is 18.2 Å². The maximum Gasteiger partial charge on any atom is 0.124 e. The molecule has 0 fully saturated rings. The summed E-state index contributed by atoms with van der Waals surface area (Å²) >= 11 is 5.90. The van der Waals surface area contributed by atoms with E-state index in [0.717, 1.165) is 5.56 Å². The third-order valence-electron chi connectivity index (χ3n) is 2.75. The summed E-state index contributed by atoms with van der Waals surface area (Å²) in [5.41, 5.74) is 7.41. The number of nitrogens with two attached hydrogens (primary N) is 1. The highest BCUT2D eigenvalue weighted by Gasteiger charge is 2.09. The SMILES string of the molecule is C[C@@H](N)c1cc(F)ccc1OCc1cccc(Cl)c1. The zero-order valence-corrected chi connectivity index (χ0v) is 11.3. The molecule has 0 saturated carbocycles. The molecule has 0 bridgehead atoms. The zero-order valence-electron chi connectivity index (χ0n) is 10.6. The van der Waals surface area contributed by atoms with Crippen LogP contribution in [0.5, 0.6) is 5.75 Å². The quantitative estimate of drug-likeness (QED) is 0.915. The van der Waals surface area contributed by atoms with Gasteiger partial charge in [-0.2, -0.15) is 0 Å². The zero-order chi connectivity index (χ0) is 13.8. The first kappa shape index (κ1) is 13.8. The van der Waals surface area contributed by atoms with Crippen LogP contribution in [-0.4, -0.2) is 0 Å². The van der Waals surface area contributed by atoms with Crippen LogP contribution < -0.4 is 10.5 Å². The second-order valence-corrected chi connectivity index (χ2v) is 4.83. The van der Waals surface area contributed by atoms with E-state index in [1.165, 1.54) is 12.1 Å². The first-order chi connectivity index (χ1) is 9.06. The fourth-order valence-corrected chi connectivity index (χ4v) is 2.01. The summed E-state index contributed by atoms with van der Waals surface area (Å²) < 4.78 is 18.9. The van der Waals surface area contributed by atoms with Gasteiger partial charge in [-0.3, -0.25) is 0 Å². The Balaban J connectivity index is 2.15. The molecule has 0 aromatic heterocycles. The smallest absolute Gasteiger partial charge is 0.124 e. The average molecular weight is 280 g/mol. The Morgan fingerprint density at radius 3 is 2.74 bits per heavy atom. The summed E-state index contributed by atoms with van der Waals surface area (Å²) in [5.74, 6) is 0.277. The van der Waals surface area contributed by atoms with Gasteiger partial charge in [0, 0.05) is 16.6 Å². The molecule has 0 heterocycles. The van der Waals surface area contributed by atoms with Gasteiger partial charge in [-0.1, -0.05) is 23.7 Å². The molecule has 19 heavy (non-hydrogen) atoms. The van der Waals surface area contributed by atoms with Crippen LogP contribution in [0.4, 0.5) is 4.39 Å². The van der Waals surface area contributed by atoms with Crippen molar-refractivity contribution in [3.63, 3.8) is 0 Å². The maximum absolute atomic E-state index is 13.2. The summed E-state index contributed by atoms with van der Waals surface area (Å²) in [5, 5.41) is 0.660. The third kappa shape index (κ3) is 3.69. The van der Waals surface area contributed by atoms with E-state index >= 15 is 0 Å². The van der Waals surface area contributed by atoms with E-state index in [2.05, 4.69) is 0 Å². The van der Waals surface area contributed by atoms with Crippen LogP contribution in [-0.2, 0) is 6.61 Å². The fourth-order valence-electron chi connectivity index (χ4n) is 1.79. The minimum Gasteiger partial charge on any atom is -0.489 e. The van der Waals surface area contributed by atoms with E-state index < -0.39 is 0 Å². The summed E-state index contributed by atoms with van der Waals surface area (Å²) in [6, 6.07) is 11.5. The first-order valence-electron chi connectivity index (χ1n) is 5.98. The van der Waals surface area contributed by atoms with Crippen molar-refractivity contribution in [2.45, 2.75) is 19.6 Å². The molecular formula is C15H15ClFNO. The molecule has 2 aromatic rings. The number of rotatable bonds is 4. The minimum absolute atomic E-state index is 0.287.